The molecule has 1 aliphatic rings. The van der Waals surface area contributed by atoms with Gasteiger partial charge in [-0.05, 0) is 37.0 Å². The first-order valence-electron chi connectivity index (χ1n) is 7.30. The van der Waals surface area contributed by atoms with Crippen molar-refractivity contribution in [3.8, 4) is 0 Å². The Morgan fingerprint density at radius 3 is 2.43 bits per heavy atom. The number of nitrogen functional groups attached to an aromatic ring is 1. The van der Waals surface area contributed by atoms with Gasteiger partial charge in [-0.2, -0.15) is 0 Å². The van der Waals surface area contributed by atoms with Gasteiger partial charge < -0.3 is 11.1 Å². The van der Waals surface area contributed by atoms with Crippen LogP contribution >= 0.6 is 0 Å². The Bertz CT molecular complexity index is 575. The Morgan fingerprint density at radius 1 is 1.19 bits per heavy atom. The van der Waals surface area contributed by atoms with Crippen molar-refractivity contribution in [2.75, 3.05) is 18.0 Å². The molecule has 0 bridgehead atoms. The van der Waals surface area contributed by atoms with Crippen LogP contribution in [0.1, 0.15) is 31.2 Å². The van der Waals surface area contributed by atoms with E-state index in [4.69, 9.17) is 5.73 Å². The van der Waals surface area contributed by atoms with Gasteiger partial charge >= 0.3 is 0 Å². The van der Waals surface area contributed by atoms with Gasteiger partial charge in [0.05, 0.1) is 5.25 Å². The topological polar surface area (TPSA) is 89.3 Å². The van der Waals surface area contributed by atoms with Crippen molar-refractivity contribution in [2.24, 2.45) is 0 Å². The Kier molecular flexibility index (Phi) is 5.22. The maximum atomic E-state index is 12.0. The summed E-state index contributed by atoms with van der Waals surface area (Å²) in [6, 6.07) is 7.41. The van der Waals surface area contributed by atoms with E-state index in [0.717, 1.165) is 18.4 Å². The Balaban J connectivity index is 1.75. The predicted octanol–water partition coefficient (Wildman–Crippen LogP) is 1.28. The highest BCUT2D eigenvalue weighted by Gasteiger charge is 2.30. The summed E-state index contributed by atoms with van der Waals surface area (Å²) in [7, 11) is -3.29. The molecule has 0 radical (unpaired) electrons. The Hall–Kier alpha value is -1.56. The lowest BCUT2D eigenvalue weighted by molar-refractivity contribution is -0.118. The van der Waals surface area contributed by atoms with Crippen molar-refractivity contribution >= 4 is 21.4 Å². The first-order chi connectivity index (χ1) is 9.97. The van der Waals surface area contributed by atoms with E-state index in [-0.39, 0.29) is 11.0 Å². The van der Waals surface area contributed by atoms with E-state index >= 15 is 0 Å². The van der Waals surface area contributed by atoms with Crippen molar-refractivity contribution < 1.29 is 13.2 Å². The van der Waals surface area contributed by atoms with Gasteiger partial charge in [-0.25, -0.2) is 8.42 Å². The van der Waals surface area contributed by atoms with Crippen LogP contribution in [0.5, 0.6) is 0 Å². The highest BCUT2D eigenvalue weighted by atomic mass is 32.2. The van der Waals surface area contributed by atoms with Crippen molar-refractivity contribution in [1.29, 1.82) is 0 Å². The van der Waals surface area contributed by atoms with Crippen molar-refractivity contribution in [1.82, 2.24) is 5.32 Å². The van der Waals surface area contributed by atoms with Gasteiger partial charge in [0.2, 0.25) is 5.91 Å². The monoisotopic (exact) mass is 310 g/mol. The number of amides is 1. The minimum absolute atomic E-state index is 0.319. The normalized spacial score (nSPS) is 16.0. The van der Waals surface area contributed by atoms with Crippen LogP contribution in [0.15, 0.2) is 24.3 Å². The van der Waals surface area contributed by atoms with Gasteiger partial charge in [-0.15, -0.1) is 0 Å². The molecule has 1 amide bonds. The molecule has 3 N–H and O–H groups in total. The van der Waals surface area contributed by atoms with E-state index < -0.39 is 15.7 Å². The smallest absolute Gasteiger partial charge is 0.235 e. The molecule has 0 spiro atoms. The quantitative estimate of drug-likeness (QED) is 0.775. The number of rotatable bonds is 6. The highest BCUT2D eigenvalue weighted by molar-refractivity contribution is 7.92. The summed E-state index contributed by atoms with van der Waals surface area (Å²) >= 11 is 0. The lowest BCUT2D eigenvalue weighted by Gasteiger charge is -2.11. The second-order valence-corrected chi connectivity index (χ2v) is 7.84. The van der Waals surface area contributed by atoms with Gasteiger partial charge in [0.15, 0.2) is 9.84 Å². The fraction of sp³-hybridized carbons (Fsp3) is 0.533. The first kappa shape index (κ1) is 15.8. The van der Waals surface area contributed by atoms with Gasteiger partial charge in [-0.3, -0.25) is 4.79 Å². The minimum Gasteiger partial charge on any atom is -0.399 e. The molecule has 5 nitrogen and oxygen atoms in total. The number of hydrogen-bond donors (Lipinski definition) is 2. The van der Waals surface area contributed by atoms with E-state index in [2.05, 4.69) is 5.32 Å². The molecule has 1 aromatic rings. The zero-order chi connectivity index (χ0) is 15.3. The van der Waals surface area contributed by atoms with E-state index in [1.807, 2.05) is 24.3 Å². The van der Waals surface area contributed by atoms with Crippen LogP contribution in [0.25, 0.3) is 0 Å². The standard InChI is InChI=1S/C15H22N2O3S/c16-13-7-5-12(6-8-13)9-10-17-15(18)11-21(19,20)14-3-1-2-4-14/h5-8,14H,1-4,9-11,16H2,(H,17,18). The Morgan fingerprint density at radius 2 is 1.81 bits per heavy atom. The van der Waals surface area contributed by atoms with E-state index in [1.54, 1.807) is 0 Å². The van der Waals surface area contributed by atoms with Crippen LogP contribution in [0.3, 0.4) is 0 Å². The van der Waals surface area contributed by atoms with Crippen LogP contribution in [0, 0.1) is 0 Å². The third kappa shape index (κ3) is 4.74. The average molecular weight is 310 g/mol. The maximum absolute atomic E-state index is 12.0. The molecule has 0 heterocycles. The van der Waals surface area contributed by atoms with Gasteiger partial charge in [0.25, 0.3) is 0 Å². The molecule has 1 aromatic carbocycles. The van der Waals surface area contributed by atoms with Crippen LogP contribution in [0.4, 0.5) is 5.69 Å². The molecule has 2 rings (SSSR count). The summed E-state index contributed by atoms with van der Waals surface area (Å²) < 4.78 is 24.1. The van der Waals surface area contributed by atoms with Gasteiger partial charge in [0, 0.05) is 12.2 Å². The molecule has 1 aliphatic carbocycles. The van der Waals surface area contributed by atoms with E-state index in [9.17, 15) is 13.2 Å². The lowest BCUT2D eigenvalue weighted by atomic mass is 10.1. The van der Waals surface area contributed by atoms with Crippen LogP contribution in [0.2, 0.25) is 0 Å². The molecule has 0 unspecified atom stereocenters. The molecule has 0 aliphatic heterocycles. The minimum atomic E-state index is -3.29. The number of nitrogens with two attached hydrogens (primary N) is 1. The Labute approximate surface area is 125 Å². The summed E-state index contributed by atoms with van der Waals surface area (Å²) in [4.78, 5) is 11.7. The summed E-state index contributed by atoms with van der Waals surface area (Å²) in [5.41, 5.74) is 7.35. The molecule has 116 valence electrons. The molecule has 1 saturated carbocycles. The number of benzene rings is 1. The summed E-state index contributed by atoms with van der Waals surface area (Å²) in [6.45, 7) is 0.433. The number of nitrogens with one attached hydrogen (secondary N) is 1. The molecular formula is C15H22N2O3S. The zero-order valence-electron chi connectivity index (χ0n) is 12.0. The van der Waals surface area contributed by atoms with Crippen molar-refractivity contribution in [3.63, 3.8) is 0 Å². The molecular weight excluding hydrogens is 288 g/mol. The van der Waals surface area contributed by atoms with Crippen LogP contribution in [-0.4, -0.2) is 31.9 Å². The fourth-order valence-corrected chi connectivity index (χ4v) is 4.38. The third-order valence-corrected chi connectivity index (χ3v) is 6.01. The van der Waals surface area contributed by atoms with Gasteiger partial charge in [0.1, 0.15) is 5.75 Å². The molecule has 1 fully saturated rings. The predicted molar refractivity (Wildman–Crippen MR) is 83.6 cm³/mol. The van der Waals surface area contributed by atoms with Crippen LogP contribution in [-0.2, 0) is 21.1 Å². The highest BCUT2D eigenvalue weighted by Crippen LogP contribution is 2.25. The molecule has 0 saturated heterocycles. The number of sulfone groups is 1. The van der Waals surface area contributed by atoms with Crippen LogP contribution < -0.4 is 11.1 Å². The molecule has 0 aromatic heterocycles. The first-order valence-corrected chi connectivity index (χ1v) is 9.01. The van der Waals surface area contributed by atoms with E-state index in [1.165, 1.54) is 0 Å². The number of carbonyl (C=O) groups is 1. The average Bonchev–Trinajstić information content (AvgIpc) is 2.95. The summed E-state index contributed by atoms with van der Waals surface area (Å²) in [5, 5.41) is 2.36. The number of carbonyl (C=O) groups excluding carboxylic acids is 1. The van der Waals surface area contributed by atoms with Crippen molar-refractivity contribution in [3.05, 3.63) is 29.8 Å². The summed E-state index contributed by atoms with van der Waals surface area (Å²) in [5.74, 6) is -0.795. The second-order valence-electron chi connectivity index (χ2n) is 5.56. The SMILES string of the molecule is Nc1ccc(CCNC(=O)CS(=O)(=O)C2CCCC2)cc1. The lowest BCUT2D eigenvalue weighted by Crippen LogP contribution is -2.35. The van der Waals surface area contributed by atoms with Crippen molar-refractivity contribution in [2.45, 2.75) is 37.4 Å². The van der Waals surface area contributed by atoms with Gasteiger partial charge in [-0.1, -0.05) is 25.0 Å². The summed E-state index contributed by atoms with van der Waals surface area (Å²) in [6.07, 6.45) is 3.95. The third-order valence-electron chi connectivity index (χ3n) is 3.86. The second kappa shape index (κ2) is 6.93. The maximum Gasteiger partial charge on any atom is 0.235 e. The number of anilines is 1. The largest absolute Gasteiger partial charge is 0.399 e. The number of hydrogen-bond acceptors (Lipinski definition) is 4. The molecule has 6 heteroatoms. The fourth-order valence-electron chi connectivity index (χ4n) is 2.63. The molecule has 0 atom stereocenters. The molecule has 21 heavy (non-hydrogen) atoms. The zero-order valence-corrected chi connectivity index (χ0v) is 12.9. The van der Waals surface area contributed by atoms with E-state index in [0.29, 0.717) is 31.5 Å².